The number of amides is 2. The molecule has 3 aromatic carbocycles. The fourth-order valence-corrected chi connectivity index (χ4v) is 4.73. The highest BCUT2D eigenvalue weighted by Crippen LogP contribution is 2.38. The quantitative estimate of drug-likeness (QED) is 0.321. The van der Waals surface area contributed by atoms with Crippen molar-refractivity contribution in [2.75, 3.05) is 7.11 Å². The van der Waals surface area contributed by atoms with E-state index in [0.29, 0.717) is 48.7 Å². The lowest BCUT2D eigenvalue weighted by Gasteiger charge is -2.14. The third-order valence-electron chi connectivity index (χ3n) is 4.79. The van der Waals surface area contributed by atoms with Crippen LogP contribution in [0.5, 0.6) is 11.5 Å². The molecule has 10 heteroatoms. The van der Waals surface area contributed by atoms with Crippen molar-refractivity contribution in [1.82, 2.24) is 5.32 Å². The lowest BCUT2D eigenvalue weighted by molar-refractivity contribution is -0.115. The summed E-state index contributed by atoms with van der Waals surface area (Å²) in [7, 11) is 1.54. The first-order valence-corrected chi connectivity index (χ1v) is 12.5. The topological polar surface area (TPSA) is 77.0 Å². The van der Waals surface area contributed by atoms with Gasteiger partial charge in [-0.15, -0.1) is 0 Å². The van der Waals surface area contributed by atoms with Crippen molar-refractivity contribution < 1.29 is 19.1 Å². The Balaban J connectivity index is 1.51. The van der Waals surface area contributed by atoms with Crippen LogP contribution >= 0.6 is 50.9 Å². The molecule has 1 saturated heterocycles. The molecule has 6 nitrogen and oxygen atoms in total. The summed E-state index contributed by atoms with van der Waals surface area (Å²) in [4.78, 5) is 29.2. The lowest BCUT2D eigenvalue weighted by Crippen LogP contribution is -2.20. The fourth-order valence-electron chi connectivity index (χ4n) is 3.08. The van der Waals surface area contributed by atoms with Gasteiger partial charge in [-0.25, -0.2) is 0 Å². The van der Waals surface area contributed by atoms with Gasteiger partial charge in [-0.1, -0.05) is 35.3 Å². The number of rotatable bonds is 6. The van der Waals surface area contributed by atoms with Crippen molar-refractivity contribution in [2.24, 2.45) is 4.99 Å². The molecule has 1 aliphatic heterocycles. The molecule has 0 unspecified atom stereocenters. The maximum absolute atomic E-state index is 12.5. The van der Waals surface area contributed by atoms with E-state index in [2.05, 4.69) is 26.2 Å². The van der Waals surface area contributed by atoms with E-state index in [-0.39, 0.29) is 11.1 Å². The minimum Gasteiger partial charge on any atom is -0.493 e. The monoisotopic (exact) mass is 590 g/mol. The van der Waals surface area contributed by atoms with Crippen molar-refractivity contribution in [3.8, 4) is 11.5 Å². The third-order valence-corrected chi connectivity index (χ3v) is 6.79. The molecule has 4 rings (SSSR count). The molecule has 3 aromatic rings. The van der Waals surface area contributed by atoms with Gasteiger partial charge < -0.3 is 14.8 Å². The van der Waals surface area contributed by atoms with E-state index in [1.165, 1.54) is 7.11 Å². The fraction of sp³-hybridized carbons (Fsp3) is 0.0800. The SMILES string of the molecule is COc1cc(/C=C2\SC(=NC(=O)c3ccc(Cl)cc3)NC2=O)cc(Br)c1OCc1ccc(Cl)cc1. The molecule has 1 fully saturated rings. The molecule has 0 bridgehead atoms. The summed E-state index contributed by atoms with van der Waals surface area (Å²) in [5, 5.41) is 3.99. The van der Waals surface area contributed by atoms with Crippen molar-refractivity contribution in [1.29, 1.82) is 0 Å². The molecule has 1 heterocycles. The molecule has 0 radical (unpaired) electrons. The van der Waals surface area contributed by atoms with Crippen molar-refractivity contribution >= 4 is 74.0 Å². The number of halogens is 3. The highest BCUT2D eigenvalue weighted by molar-refractivity contribution is 9.10. The van der Waals surface area contributed by atoms with Crippen molar-refractivity contribution in [3.63, 3.8) is 0 Å². The van der Waals surface area contributed by atoms with Crippen LogP contribution in [0, 0.1) is 0 Å². The van der Waals surface area contributed by atoms with Gasteiger partial charge in [0.15, 0.2) is 16.7 Å². The number of amidine groups is 1. The van der Waals surface area contributed by atoms with E-state index in [1.807, 2.05) is 18.2 Å². The number of hydrogen-bond donors (Lipinski definition) is 1. The normalized spacial score (nSPS) is 15.4. The first-order valence-electron chi connectivity index (χ1n) is 10.2. The van der Waals surface area contributed by atoms with Gasteiger partial charge >= 0.3 is 0 Å². The number of benzene rings is 3. The molecule has 178 valence electrons. The Morgan fingerprint density at radius 1 is 1.09 bits per heavy atom. The average molecular weight is 592 g/mol. The first-order chi connectivity index (χ1) is 16.8. The van der Waals surface area contributed by atoms with Crippen LogP contribution in [-0.2, 0) is 11.4 Å². The summed E-state index contributed by atoms with van der Waals surface area (Å²) in [6, 6.07) is 17.3. The van der Waals surface area contributed by atoms with E-state index in [0.717, 1.165) is 17.3 Å². The van der Waals surface area contributed by atoms with Crippen molar-refractivity contribution in [2.45, 2.75) is 6.61 Å². The minimum absolute atomic E-state index is 0.204. The standard InChI is InChI=1S/C25H17BrCl2N2O4S/c1-33-20-11-15(10-19(26)22(20)34-13-14-2-6-17(27)7-3-14)12-21-24(32)30-25(35-21)29-23(31)16-4-8-18(28)9-5-16/h2-12H,13H2,1H3,(H,29,30,31,32)/b21-12-. The van der Waals surface area contributed by atoms with Gasteiger partial charge in [-0.3, -0.25) is 9.59 Å². The molecular weight excluding hydrogens is 575 g/mol. The van der Waals surface area contributed by atoms with Gasteiger partial charge in [0.1, 0.15) is 6.61 Å². The van der Waals surface area contributed by atoms with Crippen LogP contribution < -0.4 is 14.8 Å². The minimum atomic E-state index is -0.475. The predicted molar refractivity (Wildman–Crippen MR) is 143 cm³/mol. The van der Waals surface area contributed by atoms with Crippen LogP contribution in [0.1, 0.15) is 21.5 Å². The number of methoxy groups -OCH3 is 1. The van der Waals surface area contributed by atoms with Gasteiger partial charge in [-0.2, -0.15) is 4.99 Å². The molecule has 1 N–H and O–H groups in total. The number of nitrogens with one attached hydrogen (secondary N) is 1. The summed E-state index contributed by atoms with van der Waals surface area (Å²) in [5.74, 6) is 0.201. The van der Waals surface area contributed by atoms with Crippen LogP contribution in [0.15, 0.2) is 75.0 Å². The zero-order valence-corrected chi connectivity index (χ0v) is 22.1. The molecule has 2 amide bonds. The average Bonchev–Trinajstić information content (AvgIpc) is 3.17. The molecule has 0 saturated carbocycles. The molecule has 1 aliphatic rings. The summed E-state index contributed by atoms with van der Waals surface area (Å²) in [6.45, 7) is 0.326. The molecule has 0 atom stereocenters. The highest BCUT2D eigenvalue weighted by Gasteiger charge is 2.25. The molecule has 0 spiro atoms. The van der Waals surface area contributed by atoms with Gasteiger partial charge in [0.05, 0.1) is 16.5 Å². The molecule has 0 aromatic heterocycles. The number of carbonyl (C=O) groups is 2. The van der Waals surface area contributed by atoms with Crippen LogP contribution in [0.4, 0.5) is 0 Å². The van der Waals surface area contributed by atoms with Gasteiger partial charge in [0.2, 0.25) is 0 Å². The second kappa shape index (κ2) is 11.3. The van der Waals surface area contributed by atoms with Crippen LogP contribution in [0.3, 0.4) is 0 Å². The van der Waals surface area contributed by atoms with Gasteiger partial charge in [0.25, 0.3) is 11.8 Å². The smallest absolute Gasteiger partial charge is 0.279 e. The van der Waals surface area contributed by atoms with Gasteiger partial charge in [-0.05, 0) is 93.4 Å². The Labute approximate surface area is 224 Å². The highest BCUT2D eigenvalue weighted by atomic mass is 79.9. The number of thioether (sulfide) groups is 1. The zero-order valence-electron chi connectivity index (χ0n) is 18.2. The zero-order chi connectivity index (χ0) is 24.9. The Bertz CT molecular complexity index is 1340. The molecule has 35 heavy (non-hydrogen) atoms. The second-order valence-electron chi connectivity index (χ2n) is 7.24. The Kier molecular flexibility index (Phi) is 8.18. The van der Waals surface area contributed by atoms with Crippen molar-refractivity contribution in [3.05, 3.63) is 96.8 Å². The number of nitrogens with zero attached hydrogens (tertiary/aromatic N) is 1. The van der Waals surface area contributed by atoms with Crippen LogP contribution in [0.2, 0.25) is 10.0 Å². The summed E-state index contributed by atoms with van der Waals surface area (Å²) >= 11 is 16.4. The van der Waals surface area contributed by atoms with E-state index in [1.54, 1.807) is 48.5 Å². The Hall–Kier alpha value is -2.78. The lowest BCUT2D eigenvalue weighted by atomic mass is 10.2. The number of carbonyl (C=O) groups excluding carboxylic acids is 2. The summed E-state index contributed by atoms with van der Waals surface area (Å²) < 4.78 is 12.1. The molecular formula is C25H17BrCl2N2O4S. The van der Waals surface area contributed by atoms with Crippen LogP contribution in [0.25, 0.3) is 6.08 Å². The van der Waals surface area contributed by atoms with E-state index in [9.17, 15) is 9.59 Å². The number of hydrogen-bond acceptors (Lipinski definition) is 5. The number of ether oxygens (including phenoxy) is 2. The predicted octanol–water partition coefficient (Wildman–Crippen LogP) is 6.74. The Morgan fingerprint density at radius 3 is 2.40 bits per heavy atom. The van der Waals surface area contributed by atoms with Gasteiger partial charge in [0, 0.05) is 15.6 Å². The van der Waals surface area contributed by atoms with E-state index in [4.69, 9.17) is 32.7 Å². The van der Waals surface area contributed by atoms with E-state index < -0.39 is 5.91 Å². The maximum Gasteiger partial charge on any atom is 0.279 e. The number of aliphatic imine (C=N–C) groups is 1. The molecule has 0 aliphatic carbocycles. The second-order valence-corrected chi connectivity index (χ2v) is 10.0. The van der Waals surface area contributed by atoms with E-state index >= 15 is 0 Å². The third kappa shape index (κ3) is 6.46. The van der Waals surface area contributed by atoms with Crippen LogP contribution in [-0.4, -0.2) is 24.1 Å². The first kappa shape index (κ1) is 25.3. The maximum atomic E-state index is 12.5. The summed E-state index contributed by atoms with van der Waals surface area (Å²) in [6.07, 6.45) is 1.69. The Morgan fingerprint density at radius 2 is 1.74 bits per heavy atom. The largest absolute Gasteiger partial charge is 0.493 e. The summed E-state index contributed by atoms with van der Waals surface area (Å²) in [5.41, 5.74) is 2.03.